The molecule has 0 aliphatic rings. The Morgan fingerprint density at radius 3 is 2.74 bits per heavy atom. The van der Waals surface area contributed by atoms with Gasteiger partial charge >= 0.3 is 0 Å². The van der Waals surface area contributed by atoms with Gasteiger partial charge in [0.25, 0.3) is 0 Å². The van der Waals surface area contributed by atoms with Crippen molar-refractivity contribution in [2.45, 2.75) is 13.5 Å². The molecule has 0 aliphatic heterocycles. The molecular formula is C18H20FN3O. The average Bonchev–Trinajstić information content (AvgIpc) is 2.78. The molecule has 0 atom stereocenters. The van der Waals surface area contributed by atoms with Crippen LogP contribution in [-0.4, -0.2) is 28.5 Å². The van der Waals surface area contributed by atoms with E-state index in [4.69, 9.17) is 4.74 Å². The summed E-state index contributed by atoms with van der Waals surface area (Å²) < 4.78 is 22.4. The van der Waals surface area contributed by atoms with Gasteiger partial charge in [-0.15, -0.1) is 0 Å². The summed E-state index contributed by atoms with van der Waals surface area (Å²) in [7, 11) is 5.87. The lowest BCUT2D eigenvalue weighted by Gasteiger charge is -2.11. The lowest BCUT2D eigenvalue weighted by molar-refractivity contribution is 0.394. The van der Waals surface area contributed by atoms with E-state index in [1.54, 1.807) is 18.3 Å². The molecule has 120 valence electrons. The maximum atomic E-state index is 14.7. The topological polar surface area (TPSA) is 30.3 Å². The molecule has 0 N–H and O–H groups in total. The smallest absolute Gasteiger partial charge is 0.175 e. The second kappa shape index (κ2) is 6.01. The van der Waals surface area contributed by atoms with Crippen molar-refractivity contribution in [1.29, 1.82) is 0 Å². The van der Waals surface area contributed by atoms with E-state index >= 15 is 0 Å². The minimum Gasteiger partial charge on any atom is -0.454 e. The summed E-state index contributed by atoms with van der Waals surface area (Å²) in [5.41, 5.74) is 2.74. The van der Waals surface area contributed by atoms with Gasteiger partial charge in [0.15, 0.2) is 11.6 Å². The molecule has 0 spiro atoms. The number of rotatable bonds is 4. The molecular weight excluding hydrogens is 293 g/mol. The highest BCUT2D eigenvalue weighted by atomic mass is 19.1. The molecule has 0 radical (unpaired) electrons. The number of aromatic nitrogens is 2. The molecule has 0 saturated heterocycles. The van der Waals surface area contributed by atoms with Crippen LogP contribution in [0.5, 0.6) is 11.5 Å². The number of halogens is 1. The van der Waals surface area contributed by atoms with Gasteiger partial charge in [-0.1, -0.05) is 0 Å². The SMILES string of the molecule is Cc1cc2c(F)c(Oc3ccnc(CN(C)C)c3)ccc2n1C. The Balaban J connectivity index is 1.94. The molecule has 23 heavy (non-hydrogen) atoms. The van der Waals surface area contributed by atoms with Gasteiger partial charge in [-0.3, -0.25) is 4.98 Å². The van der Waals surface area contributed by atoms with Crippen molar-refractivity contribution in [2.24, 2.45) is 7.05 Å². The van der Waals surface area contributed by atoms with Crippen LogP contribution < -0.4 is 4.74 Å². The zero-order chi connectivity index (χ0) is 16.6. The Hall–Kier alpha value is -2.40. The highest BCUT2D eigenvalue weighted by molar-refractivity contribution is 5.83. The third kappa shape index (κ3) is 3.05. The third-order valence-electron chi connectivity index (χ3n) is 3.86. The monoisotopic (exact) mass is 313 g/mol. The Morgan fingerprint density at radius 1 is 1.22 bits per heavy atom. The Labute approximate surface area is 135 Å². The van der Waals surface area contributed by atoms with Crippen LogP contribution in [0.2, 0.25) is 0 Å². The molecule has 0 fully saturated rings. The second-order valence-electron chi connectivity index (χ2n) is 5.98. The summed E-state index contributed by atoms with van der Waals surface area (Å²) >= 11 is 0. The number of pyridine rings is 1. The zero-order valence-electron chi connectivity index (χ0n) is 13.8. The van der Waals surface area contributed by atoms with Crippen LogP contribution in [-0.2, 0) is 13.6 Å². The van der Waals surface area contributed by atoms with E-state index in [1.165, 1.54) is 0 Å². The fourth-order valence-electron chi connectivity index (χ4n) is 2.62. The molecule has 0 saturated carbocycles. The van der Waals surface area contributed by atoms with Crippen molar-refractivity contribution in [2.75, 3.05) is 14.1 Å². The number of aryl methyl sites for hydroxylation is 2. The summed E-state index contributed by atoms with van der Waals surface area (Å²) in [5, 5.41) is 0.574. The van der Waals surface area contributed by atoms with Crippen LogP contribution in [0.3, 0.4) is 0 Å². The molecule has 1 aromatic carbocycles. The largest absolute Gasteiger partial charge is 0.454 e. The molecule has 2 aromatic heterocycles. The summed E-state index contributed by atoms with van der Waals surface area (Å²) in [4.78, 5) is 6.31. The van der Waals surface area contributed by atoms with Crippen molar-refractivity contribution in [3.05, 3.63) is 53.7 Å². The lowest BCUT2D eigenvalue weighted by atomic mass is 10.2. The van der Waals surface area contributed by atoms with Crippen molar-refractivity contribution in [3.8, 4) is 11.5 Å². The van der Waals surface area contributed by atoms with Crippen molar-refractivity contribution < 1.29 is 9.13 Å². The minimum absolute atomic E-state index is 0.227. The first kappa shape index (κ1) is 15.5. The molecule has 5 heteroatoms. The van der Waals surface area contributed by atoms with Gasteiger partial charge in [-0.25, -0.2) is 4.39 Å². The van der Waals surface area contributed by atoms with Crippen LogP contribution in [0.1, 0.15) is 11.4 Å². The normalized spacial score (nSPS) is 11.4. The molecule has 0 amide bonds. The molecule has 4 nitrogen and oxygen atoms in total. The van der Waals surface area contributed by atoms with E-state index in [0.29, 0.717) is 17.7 Å². The van der Waals surface area contributed by atoms with Crippen LogP contribution in [0.25, 0.3) is 10.9 Å². The number of ether oxygens (including phenoxy) is 1. The highest BCUT2D eigenvalue weighted by Gasteiger charge is 2.13. The fourth-order valence-corrected chi connectivity index (χ4v) is 2.62. The number of benzene rings is 1. The van der Waals surface area contributed by atoms with Gasteiger partial charge in [0.05, 0.1) is 11.2 Å². The maximum Gasteiger partial charge on any atom is 0.175 e. The fraction of sp³-hybridized carbons (Fsp3) is 0.278. The minimum atomic E-state index is -0.336. The van der Waals surface area contributed by atoms with Gasteiger partial charge < -0.3 is 14.2 Å². The molecule has 3 rings (SSSR count). The quantitative estimate of drug-likeness (QED) is 0.732. The Kier molecular flexibility index (Phi) is 4.05. The van der Waals surface area contributed by atoms with Crippen LogP contribution in [0.4, 0.5) is 4.39 Å². The van der Waals surface area contributed by atoms with Crippen LogP contribution >= 0.6 is 0 Å². The van der Waals surface area contributed by atoms with Gasteiger partial charge in [-0.05, 0) is 45.3 Å². The average molecular weight is 313 g/mol. The summed E-state index contributed by atoms with van der Waals surface area (Å²) in [6.45, 7) is 2.66. The van der Waals surface area contributed by atoms with Crippen molar-refractivity contribution >= 4 is 10.9 Å². The number of nitrogens with zero attached hydrogens (tertiary/aromatic N) is 3. The summed E-state index contributed by atoms with van der Waals surface area (Å²) in [5.74, 6) is 0.477. The van der Waals surface area contributed by atoms with E-state index in [0.717, 1.165) is 16.9 Å². The molecule has 3 aromatic rings. The van der Waals surface area contributed by atoms with Gasteiger partial charge in [0.2, 0.25) is 0 Å². The maximum absolute atomic E-state index is 14.7. The van der Waals surface area contributed by atoms with Crippen LogP contribution in [0.15, 0.2) is 36.5 Å². The van der Waals surface area contributed by atoms with E-state index in [-0.39, 0.29) is 11.6 Å². The second-order valence-corrected chi connectivity index (χ2v) is 5.98. The molecule has 2 heterocycles. The number of hydrogen-bond donors (Lipinski definition) is 0. The van der Waals surface area contributed by atoms with E-state index in [2.05, 4.69) is 4.98 Å². The molecule has 0 bridgehead atoms. The van der Waals surface area contributed by atoms with Gasteiger partial charge in [0, 0.05) is 36.9 Å². The predicted octanol–water partition coefficient (Wildman–Crippen LogP) is 3.87. The van der Waals surface area contributed by atoms with Crippen molar-refractivity contribution in [3.63, 3.8) is 0 Å². The zero-order valence-corrected chi connectivity index (χ0v) is 13.8. The first-order valence-electron chi connectivity index (χ1n) is 7.48. The van der Waals surface area contributed by atoms with E-state index < -0.39 is 0 Å². The van der Waals surface area contributed by atoms with Crippen LogP contribution in [0, 0.1) is 12.7 Å². The summed E-state index contributed by atoms with van der Waals surface area (Å²) in [6.07, 6.45) is 1.68. The lowest BCUT2D eigenvalue weighted by Crippen LogP contribution is -2.11. The first-order valence-corrected chi connectivity index (χ1v) is 7.48. The standard InChI is InChI=1S/C18H20FN3O/c1-12-9-15-16(22(12)4)5-6-17(18(15)19)23-14-7-8-20-13(10-14)11-21(2)3/h5-10H,11H2,1-4H3. The number of hydrogen-bond acceptors (Lipinski definition) is 3. The predicted molar refractivity (Wildman–Crippen MR) is 89.3 cm³/mol. The summed E-state index contributed by atoms with van der Waals surface area (Å²) in [6, 6.07) is 8.95. The number of fused-ring (bicyclic) bond motifs is 1. The third-order valence-corrected chi connectivity index (χ3v) is 3.86. The Bertz CT molecular complexity index is 855. The van der Waals surface area contributed by atoms with Gasteiger partial charge in [0.1, 0.15) is 5.75 Å². The Morgan fingerprint density at radius 2 is 2.00 bits per heavy atom. The highest BCUT2D eigenvalue weighted by Crippen LogP contribution is 2.31. The first-order chi connectivity index (χ1) is 11.0. The molecule has 0 unspecified atom stereocenters. The molecule has 0 aliphatic carbocycles. The van der Waals surface area contributed by atoms with E-state index in [9.17, 15) is 4.39 Å². The van der Waals surface area contributed by atoms with E-state index in [1.807, 2.05) is 55.7 Å². The van der Waals surface area contributed by atoms with Crippen molar-refractivity contribution in [1.82, 2.24) is 14.5 Å². The van der Waals surface area contributed by atoms with Gasteiger partial charge in [-0.2, -0.15) is 0 Å².